The second-order valence-electron chi connectivity index (χ2n) is 14.6. The summed E-state index contributed by atoms with van der Waals surface area (Å²) in [5.41, 5.74) is 11.9. The highest BCUT2D eigenvalue weighted by molar-refractivity contribution is 6.19. The van der Waals surface area contributed by atoms with Crippen molar-refractivity contribution in [2.45, 2.75) is 6.17 Å². The minimum atomic E-state index is -0.412. The summed E-state index contributed by atoms with van der Waals surface area (Å²) in [6.07, 6.45) is -0.412. The first-order valence-electron chi connectivity index (χ1n) is 19.2. The lowest BCUT2D eigenvalue weighted by Crippen LogP contribution is -2.33. The van der Waals surface area contributed by atoms with E-state index in [0.717, 1.165) is 77.4 Å². The maximum Gasteiger partial charge on any atom is 0.159 e. The number of para-hydroxylation sites is 4. The van der Waals surface area contributed by atoms with Gasteiger partial charge in [0.05, 0.1) is 16.6 Å². The van der Waals surface area contributed by atoms with Crippen molar-refractivity contribution in [3.05, 3.63) is 199 Å². The van der Waals surface area contributed by atoms with Crippen molar-refractivity contribution >= 4 is 77.4 Å². The van der Waals surface area contributed by atoms with E-state index in [1.54, 1.807) is 0 Å². The summed E-state index contributed by atoms with van der Waals surface area (Å²) in [5, 5.41) is 10.4. The topological polar surface area (TPSA) is 68.0 Å². The number of aromatic nitrogens is 1. The maximum absolute atomic E-state index is 6.65. The number of furan rings is 2. The summed E-state index contributed by atoms with van der Waals surface area (Å²) >= 11 is 0. The molecule has 0 radical (unpaired) electrons. The summed E-state index contributed by atoms with van der Waals surface area (Å²) in [6.45, 7) is 0. The summed E-state index contributed by atoms with van der Waals surface area (Å²) in [6, 6.07) is 63.3. The SMILES string of the molecule is c1ccc(C2=NC(c3ccc4c(c3)oc3cc(-c5ccc6c(c5)c5ccccc5n6-c5ccccc5)ccc34)NC(c3cccc4c3oc3ccccc34)=N2)cc1. The molecule has 1 atom stereocenters. The molecule has 57 heavy (non-hydrogen) atoms. The van der Waals surface area contributed by atoms with Crippen molar-refractivity contribution in [3.8, 4) is 16.8 Å². The number of amidine groups is 2. The van der Waals surface area contributed by atoms with Crippen LogP contribution in [0.2, 0.25) is 0 Å². The van der Waals surface area contributed by atoms with E-state index in [4.69, 9.17) is 18.8 Å². The molecule has 0 spiro atoms. The zero-order chi connectivity index (χ0) is 37.5. The normalized spacial score (nSPS) is 14.5. The quantitative estimate of drug-likeness (QED) is 0.192. The standard InChI is InChI=1S/C51H32N4O2/c1-3-12-31(13-4-1)49-52-50(54-51(53-49)41-19-11-18-40-37-17-8-10-21-45(37)57-48(40)41)34-23-26-39-38-25-22-33(29-46(38)56-47(39)30-34)32-24-27-44-42(28-32)36-16-7-9-20-43(36)55(44)35-14-5-2-6-15-35/h1-30,50H,(H,52,53,54). The molecule has 0 bridgehead atoms. The molecule has 1 aliphatic heterocycles. The summed E-state index contributed by atoms with van der Waals surface area (Å²) < 4.78 is 15.4. The molecule has 12 rings (SSSR count). The molecule has 0 aliphatic carbocycles. The molecule has 3 aromatic heterocycles. The molecule has 0 saturated heterocycles. The molecule has 1 N–H and O–H groups in total. The lowest BCUT2D eigenvalue weighted by atomic mass is 10.0. The third-order valence-electron chi connectivity index (χ3n) is 11.3. The number of benzene rings is 8. The molecule has 6 heteroatoms. The van der Waals surface area contributed by atoms with Gasteiger partial charge in [-0.15, -0.1) is 0 Å². The van der Waals surface area contributed by atoms with Crippen LogP contribution in [0.4, 0.5) is 0 Å². The van der Waals surface area contributed by atoms with E-state index >= 15 is 0 Å². The van der Waals surface area contributed by atoms with Gasteiger partial charge >= 0.3 is 0 Å². The first kappa shape index (κ1) is 31.6. The fourth-order valence-corrected chi connectivity index (χ4v) is 8.56. The number of aliphatic imine (C=N–C) groups is 2. The van der Waals surface area contributed by atoms with Crippen LogP contribution in [0.15, 0.2) is 201 Å². The van der Waals surface area contributed by atoms with E-state index in [1.165, 1.54) is 21.8 Å². The first-order valence-corrected chi connectivity index (χ1v) is 19.2. The molecular formula is C51H32N4O2. The summed E-state index contributed by atoms with van der Waals surface area (Å²) in [4.78, 5) is 10.2. The van der Waals surface area contributed by atoms with E-state index in [-0.39, 0.29) is 0 Å². The molecule has 1 aliphatic rings. The average Bonchev–Trinajstić information content (AvgIpc) is 3.95. The van der Waals surface area contributed by atoms with E-state index in [0.29, 0.717) is 11.7 Å². The minimum absolute atomic E-state index is 0.412. The van der Waals surface area contributed by atoms with Crippen molar-refractivity contribution in [1.29, 1.82) is 0 Å². The Morgan fingerprint density at radius 3 is 2.00 bits per heavy atom. The molecule has 6 nitrogen and oxygen atoms in total. The van der Waals surface area contributed by atoms with Crippen molar-refractivity contribution in [2.75, 3.05) is 0 Å². The number of fused-ring (bicyclic) bond motifs is 9. The van der Waals surface area contributed by atoms with Crippen LogP contribution in [0, 0.1) is 0 Å². The van der Waals surface area contributed by atoms with Crippen LogP contribution >= 0.6 is 0 Å². The molecular weight excluding hydrogens is 701 g/mol. The van der Waals surface area contributed by atoms with Crippen LogP contribution in [0.1, 0.15) is 22.9 Å². The van der Waals surface area contributed by atoms with Gasteiger partial charge in [0, 0.05) is 49.1 Å². The van der Waals surface area contributed by atoms with Gasteiger partial charge in [-0.05, 0) is 71.8 Å². The number of rotatable bonds is 5. The van der Waals surface area contributed by atoms with Gasteiger partial charge in [-0.1, -0.05) is 121 Å². The van der Waals surface area contributed by atoms with E-state index < -0.39 is 6.17 Å². The van der Waals surface area contributed by atoms with Gasteiger partial charge in [-0.2, -0.15) is 0 Å². The summed E-state index contributed by atoms with van der Waals surface area (Å²) in [5.74, 6) is 1.36. The Hall–Kier alpha value is -7.70. The van der Waals surface area contributed by atoms with E-state index in [2.05, 4.69) is 143 Å². The lowest BCUT2D eigenvalue weighted by molar-refractivity contribution is 0.651. The van der Waals surface area contributed by atoms with Crippen molar-refractivity contribution in [3.63, 3.8) is 0 Å². The monoisotopic (exact) mass is 732 g/mol. The number of nitrogens with one attached hydrogen (secondary N) is 1. The van der Waals surface area contributed by atoms with Crippen molar-refractivity contribution in [2.24, 2.45) is 9.98 Å². The van der Waals surface area contributed by atoms with Gasteiger partial charge < -0.3 is 18.7 Å². The number of hydrogen-bond donors (Lipinski definition) is 1. The van der Waals surface area contributed by atoms with E-state index in [1.807, 2.05) is 48.5 Å². The molecule has 1 unspecified atom stereocenters. The Labute approximate surface area is 326 Å². The highest BCUT2D eigenvalue weighted by Crippen LogP contribution is 2.38. The van der Waals surface area contributed by atoms with Gasteiger partial charge in [-0.3, -0.25) is 0 Å². The summed E-state index contributed by atoms with van der Waals surface area (Å²) in [7, 11) is 0. The Balaban J connectivity index is 0.936. The Bertz CT molecular complexity index is 3440. The second-order valence-corrected chi connectivity index (χ2v) is 14.6. The van der Waals surface area contributed by atoms with E-state index in [9.17, 15) is 0 Å². The largest absolute Gasteiger partial charge is 0.456 e. The Kier molecular flexibility index (Phi) is 6.89. The molecule has 11 aromatic rings. The van der Waals surface area contributed by atoms with Crippen molar-refractivity contribution < 1.29 is 8.83 Å². The smallest absolute Gasteiger partial charge is 0.159 e. The van der Waals surface area contributed by atoms with Crippen LogP contribution in [0.5, 0.6) is 0 Å². The molecule has 0 fully saturated rings. The Morgan fingerprint density at radius 2 is 1.12 bits per heavy atom. The second kappa shape index (κ2) is 12.4. The van der Waals surface area contributed by atoms with Crippen LogP contribution in [-0.2, 0) is 0 Å². The zero-order valence-corrected chi connectivity index (χ0v) is 30.6. The lowest BCUT2D eigenvalue weighted by Gasteiger charge is -2.23. The van der Waals surface area contributed by atoms with Gasteiger partial charge in [-0.25, -0.2) is 9.98 Å². The fourth-order valence-electron chi connectivity index (χ4n) is 8.56. The maximum atomic E-state index is 6.65. The molecule has 268 valence electrons. The van der Waals surface area contributed by atoms with Crippen LogP contribution < -0.4 is 5.32 Å². The first-order chi connectivity index (χ1) is 28.2. The van der Waals surface area contributed by atoms with Gasteiger partial charge in [0.25, 0.3) is 0 Å². The predicted octanol–water partition coefficient (Wildman–Crippen LogP) is 12.7. The number of hydrogen-bond acceptors (Lipinski definition) is 5. The number of nitrogens with zero attached hydrogens (tertiary/aromatic N) is 3. The minimum Gasteiger partial charge on any atom is -0.456 e. The predicted molar refractivity (Wildman–Crippen MR) is 233 cm³/mol. The van der Waals surface area contributed by atoms with Crippen LogP contribution in [0.3, 0.4) is 0 Å². The van der Waals surface area contributed by atoms with Gasteiger partial charge in [0.1, 0.15) is 34.3 Å². The highest BCUT2D eigenvalue weighted by Gasteiger charge is 2.25. The highest BCUT2D eigenvalue weighted by atomic mass is 16.3. The molecule has 4 heterocycles. The van der Waals surface area contributed by atoms with Crippen LogP contribution in [0.25, 0.3) is 82.5 Å². The fraction of sp³-hybridized carbons (Fsp3) is 0.0196. The van der Waals surface area contributed by atoms with Gasteiger partial charge in [0.2, 0.25) is 0 Å². The third-order valence-corrected chi connectivity index (χ3v) is 11.3. The van der Waals surface area contributed by atoms with Crippen molar-refractivity contribution in [1.82, 2.24) is 9.88 Å². The average molecular weight is 733 g/mol. The van der Waals surface area contributed by atoms with Gasteiger partial charge in [0.15, 0.2) is 5.84 Å². The van der Waals surface area contributed by atoms with Crippen LogP contribution in [-0.4, -0.2) is 16.2 Å². The molecule has 0 saturated carbocycles. The third kappa shape index (κ3) is 5.04. The molecule has 8 aromatic carbocycles. The molecule has 0 amide bonds. The Morgan fingerprint density at radius 1 is 0.456 bits per heavy atom. The zero-order valence-electron chi connectivity index (χ0n) is 30.6.